The normalized spacial score (nSPS) is 16.9. The van der Waals surface area contributed by atoms with Crippen molar-refractivity contribution in [3.8, 4) is 0 Å². The number of anilines is 1. The molecular weight excluding hydrogens is 212 g/mol. The van der Waals surface area contributed by atoms with Crippen molar-refractivity contribution in [2.45, 2.75) is 39.2 Å². The largest absolute Gasteiger partial charge is 0.356 e. The summed E-state index contributed by atoms with van der Waals surface area (Å²) in [5, 5.41) is 3.42. The monoisotopic (exact) mass is 236 g/mol. The Bertz CT molecular complexity index is 326. The van der Waals surface area contributed by atoms with Crippen molar-refractivity contribution in [1.29, 1.82) is 0 Å². The zero-order valence-electron chi connectivity index (χ0n) is 11.0. The van der Waals surface area contributed by atoms with Crippen LogP contribution in [0.2, 0.25) is 0 Å². The number of likely N-dealkylation sites (tertiary alicyclic amines) is 1. The van der Waals surface area contributed by atoms with Gasteiger partial charge in [0.25, 0.3) is 0 Å². The molecule has 1 N–H and O–H groups in total. The lowest BCUT2D eigenvalue weighted by Gasteiger charge is -2.16. The molecule has 0 spiro atoms. The van der Waals surface area contributed by atoms with Gasteiger partial charge in [-0.3, -0.25) is 0 Å². The fourth-order valence-electron chi connectivity index (χ4n) is 2.38. The second-order valence-corrected chi connectivity index (χ2v) is 5.08. The molecule has 1 fully saturated rings. The summed E-state index contributed by atoms with van der Waals surface area (Å²) in [6.45, 7) is 9.17. The van der Waals surface area contributed by atoms with Crippen molar-refractivity contribution >= 4 is 5.95 Å². The van der Waals surface area contributed by atoms with Gasteiger partial charge in [0.2, 0.25) is 5.95 Å². The highest BCUT2D eigenvalue weighted by Gasteiger charge is 2.10. The predicted molar refractivity (Wildman–Crippen MR) is 71.4 cm³/mol. The Balaban J connectivity index is 1.68. The van der Waals surface area contributed by atoms with E-state index in [4.69, 9.17) is 0 Å². The first-order valence-electron chi connectivity index (χ1n) is 6.76. The van der Waals surface area contributed by atoms with Crippen molar-refractivity contribution in [2.24, 2.45) is 0 Å². The van der Waals surface area contributed by atoms with E-state index < -0.39 is 0 Å². The van der Waals surface area contributed by atoms with Gasteiger partial charge in [0.05, 0.1) is 0 Å². The van der Waals surface area contributed by atoms with Crippen LogP contribution in [0.15, 0.2) is 12.4 Å². The average molecular weight is 236 g/mol. The number of nitrogens with zero attached hydrogens (tertiary/aromatic N) is 3. The summed E-state index contributed by atoms with van der Waals surface area (Å²) in [5.74, 6) is 1.00. The molecule has 2 rings (SSSR count). The van der Waals surface area contributed by atoms with E-state index in [0.717, 1.165) is 12.5 Å². The maximum Gasteiger partial charge on any atom is 0.203 e. The van der Waals surface area contributed by atoms with Crippen molar-refractivity contribution in [3.05, 3.63) is 12.4 Å². The molecule has 17 heavy (non-hydrogen) atoms. The summed E-state index contributed by atoms with van der Waals surface area (Å²) in [4.78, 5) is 6.90. The van der Waals surface area contributed by atoms with E-state index in [1.165, 1.54) is 38.9 Å². The van der Waals surface area contributed by atoms with E-state index in [2.05, 4.69) is 33.6 Å². The molecule has 4 nitrogen and oxygen atoms in total. The van der Waals surface area contributed by atoms with Crippen LogP contribution in [0, 0.1) is 0 Å². The van der Waals surface area contributed by atoms with Gasteiger partial charge < -0.3 is 14.8 Å². The Kier molecular flexibility index (Phi) is 4.42. The minimum atomic E-state index is 0.471. The molecule has 1 aromatic rings. The molecule has 1 aliphatic heterocycles. The molecule has 0 radical (unpaired) electrons. The van der Waals surface area contributed by atoms with Crippen LogP contribution in [0.25, 0.3) is 0 Å². The molecule has 0 unspecified atom stereocenters. The van der Waals surface area contributed by atoms with Crippen LogP contribution in [0.1, 0.15) is 39.2 Å². The third-order valence-corrected chi connectivity index (χ3v) is 3.36. The third kappa shape index (κ3) is 3.46. The maximum absolute atomic E-state index is 4.35. The second kappa shape index (κ2) is 6.05. The summed E-state index contributed by atoms with van der Waals surface area (Å²) in [6.07, 6.45) is 7.86. The van der Waals surface area contributed by atoms with E-state index in [0.29, 0.717) is 6.04 Å². The van der Waals surface area contributed by atoms with Gasteiger partial charge in [-0.05, 0) is 52.7 Å². The predicted octanol–water partition coefficient (Wildman–Crippen LogP) is 2.36. The minimum absolute atomic E-state index is 0.471. The molecule has 1 saturated heterocycles. The van der Waals surface area contributed by atoms with Crippen LogP contribution in [0.4, 0.5) is 5.95 Å². The number of rotatable bonds is 6. The van der Waals surface area contributed by atoms with Crippen LogP contribution in [0.3, 0.4) is 0 Å². The Morgan fingerprint density at radius 1 is 1.35 bits per heavy atom. The highest BCUT2D eigenvalue weighted by atomic mass is 15.2. The molecule has 4 heteroatoms. The van der Waals surface area contributed by atoms with Crippen LogP contribution in [-0.4, -0.2) is 40.6 Å². The van der Waals surface area contributed by atoms with E-state index in [1.807, 2.05) is 12.4 Å². The SMILES string of the molecule is CC(C)n1ccnc1NCCCN1CCCC1. The molecule has 0 aromatic carbocycles. The van der Waals surface area contributed by atoms with Crippen LogP contribution < -0.4 is 5.32 Å². The smallest absolute Gasteiger partial charge is 0.203 e. The fourth-order valence-corrected chi connectivity index (χ4v) is 2.38. The average Bonchev–Trinajstić information content (AvgIpc) is 2.95. The van der Waals surface area contributed by atoms with Gasteiger partial charge in [-0.2, -0.15) is 0 Å². The van der Waals surface area contributed by atoms with Gasteiger partial charge in [-0.15, -0.1) is 0 Å². The molecule has 1 aromatic heterocycles. The molecule has 0 bridgehead atoms. The lowest BCUT2D eigenvalue weighted by Crippen LogP contribution is -2.22. The molecule has 0 atom stereocenters. The maximum atomic E-state index is 4.35. The Morgan fingerprint density at radius 3 is 2.82 bits per heavy atom. The number of aromatic nitrogens is 2. The van der Waals surface area contributed by atoms with E-state index in [1.54, 1.807) is 0 Å². The van der Waals surface area contributed by atoms with E-state index in [9.17, 15) is 0 Å². The Labute approximate surface area is 104 Å². The fraction of sp³-hybridized carbons (Fsp3) is 0.769. The van der Waals surface area contributed by atoms with Gasteiger partial charge in [0, 0.05) is 25.0 Å². The lowest BCUT2D eigenvalue weighted by molar-refractivity contribution is 0.337. The molecular formula is C13H24N4. The topological polar surface area (TPSA) is 33.1 Å². The molecule has 1 aliphatic rings. The minimum Gasteiger partial charge on any atom is -0.356 e. The van der Waals surface area contributed by atoms with E-state index in [-0.39, 0.29) is 0 Å². The lowest BCUT2D eigenvalue weighted by atomic mass is 10.4. The summed E-state index contributed by atoms with van der Waals surface area (Å²) < 4.78 is 2.18. The summed E-state index contributed by atoms with van der Waals surface area (Å²) in [6, 6.07) is 0.471. The summed E-state index contributed by atoms with van der Waals surface area (Å²) in [7, 11) is 0. The number of hydrogen-bond donors (Lipinski definition) is 1. The summed E-state index contributed by atoms with van der Waals surface area (Å²) >= 11 is 0. The highest BCUT2D eigenvalue weighted by molar-refractivity contribution is 5.26. The van der Waals surface area contributed by atoms with Gasteiger partial charge in [-0.1, -0.05) is 0 Å². The Morgan fingerprint density at radius 2 is 2.12 bits per heavy atom. The molecule has 0 saturated carbocycles. The number of nitrogens with one attached hydrogen (secondary N) is 1. The number of imidazole rings is 1. The van der Waals surface area contributed by atoms with Crippen molar-refractivity contribution < 1.29 is 0 Å². The van der Waals surface area contributed by atoms with Gasteiger partial charge in [0.15, 0.2) is 0 Å². The quantitative estimate of drug-likeness (QED) is 0.770. The molecule has 0 amide bonds. The first kappa shape index (κ1) is 12.4. The molecule has 0 aliphatic carbocycles. The van der Waals surface area contributed by atoms with E-state index >= 15 is 0 Å². The second-order valence-electron chi connectivity index (χ2n) is 5.08. The first-order valence-corrected chi connectivity index (χ1v) is 6.76. The Hall–Kier alpha value is -1.03. The van der Waals surface area contributed by atoms with Crippen LogP contribution >= 0.6 is 0 Å². The zero-order chi connectivity index (χ0) is 12.1. The van der Waals surface area contributed by atoms with Crippen molar-refractivity contribution in [3.63, 3.8) is 0 Å². The molecule has 2 heterocycles. The molecule has 96 valence electrons. The van der Waals surface area contributed by atoms with Crippen LogP contribution in [0.5, 0.6) is 0 Å². The number of hydrogen-bond acceptors (Lipinski definition) is 3. The van der Waals surface area contributed by atoms with Crippen molar-refractivity contribution in [1.82, 2.24) is 14.5 Å². The standard InChI is InChI=1S/C13H24N4/c1-12(2)17-11-7-15-13(17)14-6-5-10-16-8-3-4-9-16/h7,11-12H,3-6,8-10H2,1-2H3,(H,14,15). The van der Waals surface area contributed by atoms with Gasteiger partial charge >= 0.3 is 0 Å². The van der Waals surface area contributed by atoms with Crippen molar-refractivity contribution in [2.75, 3.05) is 31.5 Å². The highest BCUT2D eigenvalue weighted by Crippen LogP contribution is 2.12. The summed E-state index contributed by atoms with van der Waals surface area (Å²) in [5.41, 5.74) is 0. The first-order chi connectivity index (χ1) is 8.27. The van der Waals surface area contributed by atoms with Gasteiger partial charge in [0.1, 0.15) is 0 Å². The third-order valence-electron chi connectivity index (χ3n) is 3.36. The van der Waals surface area contributed by atoms with Gasteiger partial charge in [-0.25, -0.2) is 4.98 Å². The zero-order valence-corrected chi connectivity index (χ0v) is 11.0. The van der Waals surface area contributed by atoms with Crippen LogP contribution in [-0.2, 0) is 0 Å².